The van der Waals surface area contributed by atoms with Gasteiger partial charge in [-0.1, -0.05) is 19.1 Å². The number of nitriles is 1. The number of hydrazine groups is 1. The first-order valence-electron chi connectivity index (χ1n) is 5.90. The van der Waals surface area contributed by atoms with E-state index in [4.69, 9.17) is 11.1 Å². The van der Waals surface area contributed by atoms with Gasteiger partial charge in [0.25, 0.3) is 5.91 Å². The average Bonchev–Trinajstić information content (AvgIpc) is 2.43. The van der Waals surface area contributed by atoms with Crippen molar-refractivity contribution in [3.63, 3.8) is 0 Å². The normalized spacial score (nSPS) is 10.1. The van der Waals surface area contributed by atoms with Gasteiger partial charge < -0.3 is 0 Å². The molecule has 5 heteroatoms. The van der Waals surface area contributed by atoms with E-state index >= 15 is 0 Å². The second kappa shape index (κ2) is 7.43. The molecule has 96 valence electrons. The number of nitrogen functional groups attached to an aromatic ring is 1. The highest BCUT2D eigenvalue weighted by molar-refractivity contribution is 5.93. The zero-order chi connectivity index (χ0) is 13.4. The Kier molecular flexibility index (Phi) is 5.85. The number of rotatable bonds is 6. The van der Waals surface area contributed by atoms with Gasteiger partial charge in [0.15, 0.2) is 0 Å². The highest BCUT2D eigenvalue weighted by atomic mass is 16.2. The van der Waals surface area contributed by atoms with Crippen molar-refractivity contribution in [2.75, 3.05) is 13.1 Å². The molecule has 5 nitrogen and oxygen atoms in total. The van der Waals surface area contributed by atoms with E-state index < -0.39 is 0 Å². The molecule has 0 bridgehead atoms. The lowest BCUT2D eigenvalue weighted by atomic mass is 10.1. The summed E-state index contributed by atoms with van der Waals surface area (Å²) in [6.07, 6.45) is 0.529. The van der Waals surface area contributed by atoms with Crippen LogP contribution in [0.2, 0.25) is 0 Å². The van der Waals surface area contributed by atoms with E-state index in [-0.39, 0.29) is 5.91 Å². The summed E-state index contributed by atoms with van der Waals surface area (Å²) >= 11 is 0. The molecule has 18 heavy (non-hydrogen) atoms. The van der Waals surface area contributed by atoms with Crippen LogP contribution in [0.1, 0.15) is 29.3 Å². The third kappa shape index (κ3) is 4.17. The Morgan fingerprint density at radius 3 is 2.61 bits per heavy atom. The van der Waals surface area contributed by atoms with Crippen LogP contribution in [0.25, 0.3) is 0 Å². The van der Waals surface area contributed by atoms with Crippen molar-refractivity contribution < 1.29 is 4.79 Å². The van der Waals surface area contributed by atoms with E-state index in [1.165, 1.54) is 0 Å². The van der Waals surface area contributed by atoms with Gasteiger partial charge in [0.05, 0.1) is 6.07 Å². The van der Waals surface area contributed by atoms with Crippen molar-refractivity contribution in [1.82, 2.24) is 10.3 Å². The monoisotopic (exact) mass is 246 g/mol. The van der Waals surface area contributed by atoms with Crippen LogP contribution >= 0.6 is 0 Å². The standard InChI is InChI=1S/C13H18N4O/c1-2-17(9-3-8-14)10-11-4-6-12(7-5-11)13(18)16-15/h4-7H,2-3,9-10,15H2,1H3,(H,16,18). The van der Waals surface area contributed by atoms with Crippen molar-refractivity contribution in [2.45, 2.75) is 19.9 Å². The Morgan fingerprint density at radius 1 is 1.44 bits per heavy atom. The Balaban J connectivity index is 2.62. The van der Waals surface area contributed by atoms with E-state index in [9.17, 15) is 4.79 Å². The third-order valence-electron chi connectivity index (χ3n) is 2.74. The molecule has 0 aliphatic carbocycles. The van der Waals surface area contributed by atoms with Crippen LogP contribution in [-0.2, 0) is 6.54 Å². The van der Waals surface area contributed by atoms with Crippen LogP contribution in [0.15, 0.2) is 24.3 Å². The number of carbonyl (C=O) groups is 1. The Labute approximate surface area is 107 Å². The van der Waals surface area contributed by atoms with E-state index in [0.717, 1.165) is 25.2 Å². The fourth-order valence-electron chi connectivity index (χ4n) is 1.66. The lowest BCUT2D eigenvalue weighted by Gasteiger charge is -2.18. The van der Waals surface area contributed by atoms with Crippen molar-refractivity contribution in [1.29, 1.82) is 5.26 Å². The first-order chi connectivity index (χ1) is 8.71. The van der Waals surface area contributed by atoms with Gasteiger partial charge in [0, 0.05) is 25.1 Å². The second-order valence-corrected chi connectivity index (χ2v) is 3.95. The second-order valence-electron chi connectivity index (χ2n) is 3.95. The van der Waals surface area contributed by atoms with Gasteiger partial charge in [-0.3, -0.25) is 15.1 Å². The number of hydrogen-bond acceptors (Lipinski definition) is 4. The first-order valence-corrected chi connectivity index (χ1v) is 5.90. The van der Waals surface area contributed by atoms with Gasteiger partial charge >= 0.3 is 0 Å². The maximum absolute atomic E-state index is 11.3. The van der Waals surface area contributed by atoms with Gasteiger partial charge in [0.1, 0.15) is 0 Å². The maximum Gasteiger partial charge on any atom is 0.265 e. The smallest absolute Gasteiger partial charge is 0.265 e. The number of nitrogens with two attached hydrogens (primary N) is 1. The molecule has 0 atom stereocenters. The molecule has 0 fully saturated rings. The number of hydrogen-bond donors (Lipinski definition) is 2. The van der Waals surface area contributed by atoms with Gasteiger partial charge in [-0.25, -0.2) is 5.84 Å². The number of nitrogens with one attached hydrogen (secondary N) is 1. The molecule has 0 saturated heterocycles. The lowest BCUT2D eigenvalue weighted by Crippen LogP contribution is -2.30. The predicted octanol–water partition coefficient (Wildman–Crippen LogP) is 1.03. The van der Waals surface area contributed by atoms with Crippen molar-refractivity contribution >= 4 is 5.91 Å². The lowest BCUT2D eigenvalue weighted by molar-refractivity contribution is 0.0953. The number of carbonyl (C=O) groups excluding carboxylic acids is 1. The molecule has 0 unspecified atom stereocenters. The van der Waals surface area contributed by atoms with Crippen LogP contribution in [0, 0.1) is 11.3 Å². The molecule has 0 radical (unpaired) electrons. The summed E-state index contributed by atoms with van der Waals surface area (Å²) in [7, 11) is 0. The third-order valence-corrected chi connectivity index (χ3v) is 2.74. The molecular formula is C13H18N4O. The van der Waals surface area contributed by atoms with Crippen LogP contribution in [0.5, 0.6) is 0 Å². The highest BCUT2D eigenvalue weighted by Gasteiger charge is 2.05. The Hall–Kier alpha value is -1.90. The fourth-order valence-corrected chi connectivity index (χ4v) is 1.66. The number of amides is 1. The largest absolute Gasteiger partial charge is 0.298 e. The predicted molar refractivity (Wildman–Crippen MR) is 69.3 cm³/mol. The minimum Gasteiger partial charge on any atom is -0.298 e. The summed E-state index contributed by atoms with van der Waals surface area (Å²) in [4.78, 5) is 13.4. The summed E-state index contributed by atoms with van der Waals surface area (Å²) in [6.45, 7) is 4.50. The van der Waals surface area contributed by atoms with Crippen LogP contribution in [0.4, 0.5) is 0 Å². The fraction of sp³-hybridized carbons (Fsp3) is 0.385. The van der Waals surface area contributed by atoms with Crippen molar-refractivity contribution in [3.05, 3.63) is 35.4 Å². The van der Waals surface area contributed by atoms with E-state index in [0.29, 0.717) is 12.0 Å². The summed E-state index contributed by atoms with van der Waals surface area (Å²) in [5.41, 5.74) is 3.75. The number of benzene rings is 1. The minimum atomic E-state index is -0.293. The van der Waals surface area contributed by atoms with Crippen LogP contribution in [0.3, 0.4) is 0 Å². The van der Waals surface area contributed by atoms with E-state index in [1.54, 1.807) is 12.1 Å². The zero-order valence-electron chi connectivity index (χ0n) is 10.5. The number of nitrogens with zero attached hydrogens (tertiary/aromatic N) is 2. The van der Waals surface area contributed by atoms with E-state index in [2.05, 4.69) is 23.3 Å². The van der Waals surface area contributed by atoms with Gasteiger partial charge in [-0.05, 0) is 24.2 Å². The van der Waals surface area contributed by atoms with Crippen molar-refractivity contribution in [3.8, 4) is 6.07 Å². The topological polar surface area (TPSA) is 82.2 Å². The summed E-state index contributed by atoms with van der Waals surface area (Å²) in [5, 5.41) is 8.57. The minimum absolute atomic E-state index is 0.293. The SMILES string of the molecule is CCN(CCC#N)Cc1ccc(C(=O)NN)cc1. The highest BCUT2D eigenvalue weighted by Crippen LogP contribution is 2.08. The molecule has 0 aromatic heterocycles. The van der Waals surface area contributed by atoms with Crippen LogP contribution in [-0.4, -0.2) is 23.9 Å². The molecular weight excluding hydrogens is 228 g/mol. The summed E-state index contributed by atoms with van der Waals surface area (Å²) < 4.78 is 0. The molecule has 0 spiro atoms. The molecule has 1 aromatic carbocycles. The van der Waals surface area contributed by atoms with Crippen LogP contribution < -0.4 is 11.3 Å². The Morgan fingerprint density at radius 2 is 2.11 bits per heavy atom. The molecule has 1 amide bonds. The molecule has 0 heterocycles. The molecule has 0 aliphatic heterocycles. The zero-order valence-corrected chi connectivity index (χ0v) is 10.5. The molecule has 0 saturated carbocycles. The van der Waals surface area contributed by atoms with Crippen molar-refractivity contribution in [2.24, 2.45) is 5.84 Å². The molecule has 0 aliphatic rings. The Bertz CT molecular complexity index is 422. The molecule has 1 rings (SSSR count). The quantitative estimate of drug-likeness (QED) is 0.446. The first kappa shape index (κ1) is 14.2. The summed E-state index contributed by atoms with van der Waals surface area (Å²) in [6, 6.07) is 9.44. The molecule has 3 N–H and O–H groups in total. The summed E-state index contributed by atoms with van der Waals surface area (Å²) in [5.74, 6) is 4.77. The van der Waals surface area contributed by atoms with Gasteiger partial charge in [0.2, 0.25) is 0 Å². The average molecular weight is 246 g/mol. The maximum atomic E-state index is 11.3. The van der Waals surface area contributed by atoms with Gasteiger partial charge in [-0.15, -0.1) is 0 Å². The van der Waals surface area contributed by atoms with Gasteiger partial charge in [-0.2, -0.15) is 5.26 Å². The molecule has 1 aromatic rings. The van der Waals surface area contributed by atoms with E-state index in [1.807, 2.05) is 12.1 Å².